The number of nitrogens with one attached hydrogen (secondary N) is 2. The minimum Gasteiger partial charge on any atom is -0.467 e. The molecule has 6 heteroatoms. The Balaban J connectivity index is 1.56. The van der Waals surface area contributed by atoms with Gasteiger partial charge in [0.15, 0.2) is 0 Å². The first-order valence-corrected chi connectivity index (χ1v) is 8.00. The quantitative estimate of drug-likeness (QED) is 0.633. The molecule has 2 amide bonds. The van der Waals surface area contributed by atoms with Crippen LogP contribution in [0.1, 0.15) is 23.1 Å². The second-order valence-corrected chi connectivity index (χ2v) is 5.41. The normalized spacial score (nSPS) is 11.1. The minimum absolute atomic E-state index is 0.0402. The highest BCUT2D eigenvalue weighted by Gasteiger charge is 2.11. The zero-order valence-corrected chi connectivity index (χ0v) is 13.8. The average Bonchev–Trinajstić information content (AvgIpc) is 3.20. The number of urea groups is 1. The highest BCUT2D eigenvalue weighted by atomic mass is 16.4. The van der Waals surface area contributed by atoms with Gasteiger partial charge in [-0.15, -0.1) is 0 Å². The van der Waals surface area contributed by atoms with Crippen molar-refractivity contribution in [3.63, 3.8) is 0 Å². The van der Waals surface area contributed by atoms with Gasteiger partial charge >= 0.3 is 6.03 Å². The maximum absolute atomic E-state index is 12.0. The zero-order valence-electron chi connectivity index (χ0n) is 13.8. The summed E-state index contributed by atoms with van der Waals surface area (Å²) in [5.41, 5.74) is 2.03. The van der Waals surface area contributed by atoms with Crippen molar-refractivity contribution >= 4 is 11.7 Å². The average molecular weight is 347 g/mol. The summed E-state index contributed by atoms with van der Waals surface area (Å²) < 4.78 is 5.08. The standard InChI is InChI=1S/C20H17N3O3/c24-18(19-8-4-12-26-19)14-22-20(25)23-17-7-3-5-15(13-17)9-10-16-6-1-2-11-21-16/h1-8,11-13,18,24H,14H2,(H2,22,23,25). The lowest BCUT2D eigenvalue weighted by Gasteiger charge is -2.11. The number of aliphatic hydroxyl groups excluding tert-OH is 1. The van der Waals surface area contributed by atoms with Crippen LogP contribution in [0.2, 0.25) is 0 Å². The number of aliphatic hydroxyl groups is 1. The van der Waals surface area contributed by atoms with Gasteiger partial charge in [0.25, 0.3) is 0 Å². The van der Waals surface area contributed by atoms with E-state index in [-0.39, 0.29) is 6.54 Å². The number of carbonyl (C=O) groups is 1. The van der Waals surface area contributed by atoms with E-state index < -0.39 is 12.1 Å². The van der Waals surface area contributed by atoms with Crippen LogP contribution >= 0.6 is 0 Å². The number of pyridine rings is 1. The summed E-state index contributed by atoms with van der Waals surface area (Å²) in [7, 11) is 0. The molecule has 130 valence electrons. The van der Waals surface area contributed by atoms with Crippen LogP contribution in [0, 0.1) is 11.8 Å². The van der Waals surface area contributed by atoms with Crippen LogP contribution in [0.5, 0.6) is 0 Å². The molecule has 0 saturated heterocycles. The number of hydrogen-bond acceptors (Lipinski definition) is 4. The third kappa shape index (κ3) is 4.97. The second-order valence-electron chi connectivity index (χ2n) is 5.41. The Hall–Kier alpha value is -3.56. The summed E-state index contributed by atoms with van der Waals surface area (Å²) >= 11 is 0. The van der Waals surface area contributed by atoms with Crippen molar-refractivity contribution < 1.29 is 14.3 Å². The number of aromatic nitrogens is 1. The van der Waals surface area contributed by atoms with E-state index in [1.807, 2.05) is 24.3 Å². The maximum atomic E-state index is 12.0. The molecule has 2 heterocycles. The number of amides is 2. The van der Waals surface area contributed by atoms with E-state index in [0.29, 0.717) is 17.1 Å². The molecule has 1 atom stereocenters. The molecule has 6 nitrogen and oxygen atoms in total. The van der Waals surface area contributed by atoms with Crippen molar-refractivity contribution in [1.29, 1.82) is 0 Å². The highest BCUT2D eigenvalue weighted by Crippen LogP contribution is 2.12. The third-order valence-corrected chi connectivity index (χ3v) is 3.45. The van der Waals surface area contributed by atoms with Crippen LogP contribution in [0.15, 0.2) is 71.5 Å². The first-order chi connectivity index (χ1) is 12.7. The van der Waals surface area contributed by atoms with Gasteiger partial charge in [0.1, 0.15) is 17.6 Å². The number of furan rings is 1. The molecule has 1 aromatic carbocycles. The summed E-state index contributed by atoms with van der Waals surface area (Å²) in [5, 5.41) is 15.2. The predicted octanol–water partition coefficient (Wildman–Crippen LogP) is 2.93. The Morgan fingerprint density at radius 3 is 2.85 bits per heavy atom. The molecule has 3 N–H and O–H groups in total. The van der Waals surface area contributed by atoms with Gasteiger partial charge in [0, 0.05) is 17.4 Å². The van der Waals surface area contributed by atoms with Crippen LogP contribution in [0.3, 0.4) is 0 Å². The van der Waals surface area contributed by atoms with Crippen molar-refractivity contribution in [3.8, 4) is 11.8 Å². The molecule has 26 heavy (non-hydrogen) atoms. The lowest BCUT2D eigenvalue weighted by atomic mass is 10.2. The maximum Gasteiger partial charge on any atom is 0.319 e. The summed E-state index contributed by atoms with van der Waals surface area (Å²) in [6.07, 6.45) is 2.26. The molecule has 0 saturated carbocycles. The topological polar surface area (TPSA) is 87.4 Å². The molecule has 0 bridgehead atoms. The van der Waals surface area contributed by atoms with Crippen molar-refractivity contribution in [3.05, 3.63) is 84.1 Å². The Bertz CT molecular complexity index is 912. The van der Waals surface area contributed by atoms with Crippen molar-refractivity contribution in [2.75, 3.05) is 11.9 Å². The van der Waals surface area contributed by atoms with Crippen LogP contribution < -0.4 is 10.6 Å². The predicted molar refractivity (Wildman–Crippen MR) is 97.3 cm³/mol. The molecule has 0 radical (unpaired) electrons. The van der Waals surface area contributed by atoms with E-state index in [1.165, 1.54) is 6.26 Å². The zero-order chi connectivity index (χ0) is 18.2. The number of hydrogen-bond donors (Lipinski definition) is 3. The van der Waals surface area contributed by atoms with Gasteiger partial charge in [-0.1, -0.05) is 18.1 Å². The summed E-state index contributed by atoms with van der Waals surface area (Å²) in [5.74, 6) is 6.37. The fourth-order valence-electron chi connectivity index (χ4n) is 2.19. The Labute approximate surface area is 150 Å². The fourth-order valence-corrected chi connectivity index (χ4v) is 2.19. The number of nitrogens with zero attached hydrogens (tertiary/aromatic N) is 1. The van der Waals surface area contributed by atoms with Crippen LogP contribution in [0.4, 0.5) is 10.5 Å². The molecule has 2 aromatic heterocycles. The van der Waals surface area contributed by atoms with E-state index in [2.05, 4.69) is 27.5 Å². The van der Waals surface area contributed by atoms with Crippen molar-refractivity contribution in [2.24, 2.45) is 0 Å². The van der Waals surface area contributed by atoms with E-state index in [0.717, 1.165) is 5.56 Å². The van der Waals surface area contributed by atoms with Crippen LogP contribution in [-0.4, -0.2) is 22.7 Å². The van der Waals surface area contributed by atoms with Gasteiger partial charge in [0.2, 0.25) is 0 Å². The smallest absolute Gasteiger partial charge is 0.319 e. The van der Waals surface area contributed by atoms with E-state index in [9.17, 15) is 9.90 Å². The first-order valence-electron chi connectivity index (χ1n) is 8.00. The number of benzene rings is 1. The highest BCUT2D eigenvalue weighted by molar-refractivity contribution is 5.89. The van der Waals surface area contributed by atoms with Crippen molar-refractivity contribution in [1.82, 2.24) is 10.3 Å². The lowest BCUT2D eigenvalue weighted by molar-refractivity contribution is 0.149. The minimum atomic E-state index is -0.897. The molecule has 0 aliphatic heterocycles. The van der Waals surface area contributed by atoms with Gasteiger partial charge in [0.05, 0.1) is 12.8 Å². The second kappa shape index (κ2) is 8.51. The van der Waals surface area contributed by atoms with Crippen molar-refractivity contribution in [2.45, 2.75) is 6.10 Å². The summed E-state index contributed by atoms with van der Waals surface area (Å²) in [4.78, 5) is 16.1. The van der Waals surface area contributed by atoms with Gasteiger partial charge in [-0.05, 0) is 48.4 Å². The number of anilines is 1. The third-order valence-electron chi connectivity index (χ3n) is 3.45. The number of carbonyl (C=O) groups excluding carboxylic acids is 1. The molecule has 0 spiro atoms. The Morgan fingerprint density at radius 1 is 1.15 bits per heavy atom. The SMILES string of the molecule is O=C(NCC(O)c1ccco1)Nc1cccc(C#Cc2ccccn2)c1. The number of rotatable bonds is 4. The first kappa shape index (κ1) is 17.3. The largest absolute Gasteiger partial charge is 0.467 e. The molecule has 1 unspecified atom stereocenters. The Morgan fingerprint density at radius 2 is 2.08 bits per heavy atom. The van der Waals surface area contributed by atoms with E-state index in [4.69, 9.17) is 4.42 Å². The van der Waals surface area contributed by atoms with E-state index in [1.54, 1.807) is 36.5 Å². The molecule has 0 aliphatic carbocycles. The van der Waals surface area contributed by atoms with Gasteiger partial charge in [-0.3, -0.25) is 0 Å². The Kier molecular flexibility index (Phi) is 5.65. The van der Waals surface area contributed by atoms with Gasteiger partial charge in [-0.2, -0.15) is 0 Å². The fraction of sp³-hybridized carbons (Fsp3) is 0.100. The molecule has 0 fully saturated rings. The molecular weight excluding hydrogens is 330 g/mol. The van der Waals surface area contributed by atoms with Crippen LogP contribution in [0.25, 0.3) is 0 Å². The monoisotopic (exact) mass is 347 g/mol. The van der Waals surface area contributed by atoms with Gasteiger partial charge in [-0.25, -0.2) is 9.78 Å². The molecule has 0 aliphatic rings. The van der Waals surface area contributed by atoms with Crippen LogP contribution in [-0.2, 0) is 0 Å². The molecular formula is C20H17N3O3. The molecule has 3 aromatic rings. The lowest BCUT2D eigenvalue weighted by Crippen LogP contribution is -2.32. The summed E-state index contributed by atoms with van der Waals surface area (Å²) in [6, 6.07) is 15.6. The summed E-state index contributed by atoms with van der Waals surface area (Å²) in [6.45, 7) is 0.0402. The van der Waals surface area contributed by atoms with Gasteiger partial charge < -0.3 is 20.2 Å². The molecule has 3 rings (SSSR count). The van der Waals surface area contributed by atoms with E-state index >= 15 is 0 Å².